The Labute approximate surface area is 171 Å². The number of nitrogens with two attached hydrogens (primary N) is 1. The Morgan fingerprint density at radius 2 is 1.67 bits per heavy atom. The first-order valence-corrected chi connectivity index (χ1v) is 9.51. The number of benzene rings is 2. The lowest BCUT2D eigenvalue weighted by Crippen LogP contribution is -2.50. The van der Waals surface area contributed by atoms with Crippen LogP contribution in [-0.2, 0) is 22.4 Å². The highest BCUT2D eigenvalue weighted by Gasteiger charge is 2.25. The second kappa shape index (κ2) is 8.00. The lowest BCUT2D eigenvalue weighted by atomic mass is 10.0. The lowest BCUT2D eigenvalue weighted by Gasteiger charge is -2.17. The molecule has 0 spiro atoms. The summed E-state index contributed by atoms with van der Waals surface area (Å²) >= 11 is 0. The average Bonchev–Trinajstić information content (AvgIpc) is 3.31. The highest BCUT2D eigenvalue weighted by molar-refractivity contribution is 5.90. The summed E-state index contributed by atoms with van der Waals surface area (Å²) in [5.74, 6) is -2.16. The summed E-state index contributed by atoms with van der Waals surface area (Å²) in [6.07, 6.45) is 3.69. The number of aliphatic carboxylic acids is 1. The first kappa shape index (κ1) is 19.7. The van der Waals surface area contributed by atoms with E-state index in [-0.39, 0.29) is 12.8 Å². The monoisotopic (exact) mass is 408 g/mol. The zero-order valence-corrected chi connectivity index (χ0v) is 16.0. The fourth-order valence-corrected chi connectivity index (χ4v) is 3.65. The number of rotatable bonds is 7. The van der Waals surface area contributed by atoms with Gasteiger partial charge in [0.25, 0.3) is 0 Å². The number of carbonyl (C=O) groups excluding carboxylic acids is 1. The molecule has 2 aromatic carbocycles. The number of aromatic amines is 2. The van der Waals surface area contributed by atoms with E-state index in [9.17, 15) is 19.1 Å². The van der Waals surface area contributed by atoms with Crippen LogP contribution in [0.1, 0.15) is 11.1 Å². The van der Waals surface area contributed by atoms with Crippen molar-refractivity contribution in [2.24, 2.45) is 5.73 Å². The van der Waals surface area contributed by atoms with Gasteiger partial charge in [0.1, 0.15) is 11.9 Å². The number of nitrogens with one attached hydrogen (secondary N) is 3. The van der Waals surface area contributed by atoms with Crippen molar-refractivity contribution in [3.63, 3.8) is 0 Å². The molecular formula is C22H21FN4O3. The predicted octanol–water partition coefficient (Wildman–Crippen LogP) is 2.47. The lowest BCUT2D eigenvalue weighted by molar-refractivity contribution is -0.141. The van der Waals surface area contributed by atoms with Gasteiger partial charge in [0.2, 0.25) is 5.91 Å². The number of carboxylic acids is 1. The fraction of sp³-hybridized carbons (Fsp3) is 0.182. The summed E-state index contributed by atoms with van der Waals surface area (Å²) < 4.78 is 13.6. The Kier molecular flexibility index (Phi) is 5.24. The quantitative estimate of drug-likeness (QED) is 0.322. The van der Waals surface area contributed by atoms with Crippen LogP contribution in [0.2, 0.25) is 0 Å². The summed E-state index contributed by atoms with van der Waals surface area (Å²) in [7, 11) is 0. The molecule has 0 saturated heterocycles. The molecule has 4 rings (SSSR count). The zero-order valence-electron chi connectivity index (χ0n) is 16.0. The molecule has 2 atom stereocenters. The number of amides is 1. The van der Waals surface area contributed by atoms with Gasteiger partial charge in [-0.25, -0.2) is 9.18 Å². The topological polar surface area (TPSA) is 124 Å². The van der Waals surface area contributed by atoms with E-state index in [0.29, 0.717) is 16.5 Å². The molecule has 0 aliphatic carbocycles. The molecule has 7 nitrogen and oxygen atoms in total. The van der Waals surface area contributed by atoms with Gasteiger partial charge in [-0.15, -0.1) is 0 Å². The van der Waals surface area contributed by atoms with Crippen LogP contribution < -0.4 is 11.1 Å². The molecule has 6 N–H and O–H groups in total. The highest BCUT2D eigenvalue weighted by atomic mass is 19.1. The third kappa shape index (κ3) is 3.90. The van der Waals surface area contributed by atoms with Crippen molar-refractivity contribution in [1.29, 1.82) is 0 Å². The third-order valence-electron chi connectivity index (χ3n) is 5.22. The van der Waals surface area contributed by atoms with Crippen LogP contribution in [0.25, 0.3) is 21.8 Å². The summed E-state index contributed by atoms with van der Waals surface area (Å²) in [5, 5.41) is 13.6. The van der Waals surface area contributed by atoms with E-state index in [1.807, 2.05) is 24.3 Å². The van der Waals surface area contributed by atoms with E-state index in [1.54, 1.807) is 18.5 Å². The SMILES string of the molecule is N[C@@H](Cc1c[nH]c2ccccc12)C(=O)N[C@@H](Cc1c[nH]c2ccc(F)cc12)C(=O)O. The van der Waals surface area contributed by atoms with Crippen LogP contribution in [-0.4, -0.2) is 39.0 Å². The van der Waals surface area contributed by atoms with Gasteiger partial charge >= 0.3 is 5.97 Å². The van der Waals surface area contributed by atoms with Crippen molar-refractivity contribution < 1.29 is 19.1 Å². The maximum atomic E-state index is 13.6. The Bertz CT molecular complexity index is 1230. The van der Waals surface area contributed by atoms with Crippen molar-refractivity contribution in [1.82, 2.24) is 15.3 Å². The minimum absolute atomic E-state index is 0.00430. The molecule has 8 heteroatoms. The first-order chi connectivity index (χ1) is 14.4. The molecule has 30 heavy (non-hydrogen) atoms. The largest absolute Gasteiger partial charge is 0.480 e. The second-order valence-electron chi connectivity index (χ2n) is 7.28. The van der Waals surface area contributed by atoms with E-state index < -0.39 is 29.8 Å². The number of hydrogen-bond acceptors (Lipinski definition) is 3. The zero-order chi connectivity index (χ0) is 21.3. The Balaban J connectivity index is 1.47. The summed E-state index contributed by atoms with van der Waals surface area (Å²) in [6.45, 7) is 0. The third-order valence-corrected chi connectivity index (χ3v) is 5.22. The molecule has 2 heterocycles. The van der Waals surface area contributed by atoms with E-state index in [4.69, 9.17) is 5.73 Å². The van der Waals surface area contributed by atoms with Crippen molar-refractivity contribution in [2.75, 3.05) is 0 Å². The van der Waals surface area contributed by atoms with E-state index in [1.165, 1.54) is 12.1 Å². The highest BCUT2D eigenvalue weighted by Crippen LogP contribution is 2.21. The van der Waals surface area contributed by atoms with Gasteiger partial charge in [0.15, 0.2) is 0 Å². The molecule has 2 aromatic heterocycles. The number of carboxylic acid groups (broad SMARTS) is 1. The molecular weight excluding hydrogens is 387 g/mol. The standard InChI is InChI=1S/C22H21FN4O3/c23-14-5-6-19-16(9-14)13(11-26-19)8-20(22(29)30)27-21(28)17(24)7-12-10-25-18-4-2-1-3-15(12)18/h1-6,9-11,17,20,25-26H,7-8,24H2,(H,27,28)(H,29,30)/t17-,20-/m0/s1. The number of H-pyrrole nitrogens is 2. The van der Waals surface area contributed by atoms with E-state index >= 15 is 0 Å². The number of aromatic nitrogens is 2. The van der Waals surface area contributed by atoms with Crippen molar-refractivity contribution in [2.45, 2.75) is 24.9 Å². The van der Waals surface area contributed by atoms with Crippen LogP contribution in [0, 0.1) is 5.82 Å². The maximum Gasteiger partial charge on any atom is 0.326 e. The van der Waals surface area contributed by atoms with Crippen LogP contribution in [0.4, 0.5) is 4.39 Å². The van der Waals surface area contributed by atoms with Crippen molar-refractivity contribution in [3.05, 3.63) is 71.8 Å². The molecule has 154 valence electrons. The first-order valence-electron chi connectivity index (χ1n) is 9.51. The average molecular weight is 408 g/mol. The minimum atomic E-state index is -1.19. The Hall–Kier alpha value is -3.65. The van der Waals surface area contributed by atoms with Gasteiger partial charge < -0.3 is 26.1 Å². The van der Waals surface area contributed by atoms with Crippen molar-refractivity contribution >= 4 is 33.7 Å². The minimum Gasteiger partial charge on any atom is -0.480 e. The molecule has 0 aliphatic rings. The number of halogens is 1. The fourth-order valence-electron chi connectivity index (χ4n) is 3.65. The molecule has 0 aliphatic heterocycles. The van der Waals surface area contributed by atoms with Crippen LogP contribution in [0.3, 0.4) is 0 Å². The predicted molar refractivity (Wildman–Crippen MR) is 112 cm³/mol. The second-order valence-corrected chi connectivity index (χ2v) is 7.28. The van der Waals surface area contributed by atoms with Crippen LogP contribution in [0.15, 0.2) is 54.9 Å². The van der Waals surface area contributed by atoms with Gasteiger partial charge in [-0.2, -0.15) is 0 Å². The molecule has 4 aromatic rings. The van der Waals surface area contributed by atoms with Gasteiger partial charge in [-0.1, -0.05) is 18.2 Å². The summed E-state index contributed by atoms with van der Waals surface area (Å²) in [4.78, 5) is 30.4. The van der Waals surface area contributed by atoms with Gasteiger partial charge in [-0.05, 0) is 41.8 Å². The van der Waals surface area contributed by atoms with E-state index in [2.05, 4.69) is 15.3 Å². The molecule has 0 saturated carbocycles. The number of carbonyl (C=O) groups is 2. The van der Waals surface area contributed by atoms with Gasteiger partial charge in [0.05, 0.1) is 6.04 Å². The number of fused-ring (bicyclic) bond motifs is 2. The van der Waals surface area contributed by atoms with Gasteiger partial charge in [0, 0.05) is 40.6 Å². The number of hydrogen-bond donors (Lipinski definition) is 5. The van der Waals surface area contributed by atoms with Gasteiger partial charge in [-0.3, -0.25) is 4.79 Å². The summed E-state index contributed by atoms with van der Waals surface area (Å²) in [5.41, 5.74) is 9.17. The molecule has 0 radical (unpaired) electrons. The number of para-hydroxylation sites is 1. The molecule has 1 amide bonds. The smallest absolute Gasteiger partial charge is 0.326 e. The van der Waals surface area contributed by atoms with Crippen molar-refractivity contribution in [3.8, 4) is 0 Å². The molecule has 0 unspecified atom stereocenters. The van der Waals surface area contributed by atoms with E-state index in [0.717, 1.165) is 16.5 Å². The Morgan fingerprint density at radius 1 is 1.00 bits per heavy atom. The molecule has 0 bridgehead atoms. The normalized spacial score (nSPS) is 13.4. The maximum absolute atomic E-state index is 13.6. The van der Waals surface area contributed by atoms with Crippen LogP contribution >= 0.6 is 0 Å². The molecule has 0 fully saturated rings. The summed E-state index contributed by atoms with van der Waals surface area (Å²) in [6, 6.07) is 9.81. The Morgan fingerprint density at radius 3 is 2.40 bits per heavy atom. The van der Waals surface area contributed by atoms with Crippen LogP contribution in [0.5, 0.6) is 0 Å².